The Bertz CT molecular complexity index is 168. The highest BCUT2D eigenvalue weighted by Crippen LogP contribution is 2.84. The van der Waals surface area contributed by atoms with E-state index in [2.05, 4.69) is 27.7 Å². The highest BCUT2D eigenvalue weighted by molar-refractivity contribution is 6.54. The topological polar surface area (TPSA) is 0 Å². The van der Waals surface area contributed by atoms with E-state index >= 15 is 0 Å². The van der Waals surface area contributed by atoms with Gasteiger partial charge in [-0.3, -0.25) is 0 Å². The van der Waals surface area contributed by atoms with Gasteiger partial charge >= 0.3 is 0 Å². The van der Waals surface area contributed by atoms with E-state index in [-0.39, 0.29) is 0 Å². The van der Waals surface area contributed by atoms with E-state index in [1.54, 1.807) is 0 Å². The van der Waals surface area contributed by atoms with Crippen LogP contribution >= 0.6 is 0 Å². The van der Waals surface area contributed by atoms with Crippen LogP contribution in [0.25, 0.3) is 0 Å². The molecule has 1 saturated carbocycles. The monoisotopic (exact) mass is 150 g/mol. The van der Waals surface area contributed by atoms with E-state index in [1.807, 2.05) is 0 Å². The Kier molecular flexibility index (Phi) is 1.19. The molecule has 0 spiro atoms. The summed E-state index contributed by atoms with van der Waals surface area (Å²) < 4.78 is 0. The average Bonchev–Trinajstić information content (AvgIpc) is 1.53. The molecule has 11 heavy (non-hydrogen) atoms. The molecule has 0 N–H and O–H groups in total. The predicted octanol–water partition coefficient (Wildman–Crippen LogP) is 3.00. The van der Waals surface area contributed by atoms with Crippen LogP contribution in [0.3, 0.4) is 0 Å². The zero-order valence-corrected chi connectivity index (χ0v) is 8.33. The van der Waals surface area contributed by atoms with Crippen molar-refractivity contribution in [2.75, 3.05) is 0 Å². The zero-order valence-electron chi connectivity index (χ0n) is 8.33. The van der Waals surface area contributed by atoms with Crippen LogP contribution in [-0.2, 0) is 0 Å². The second-order valence-electron chi connectivity index (χ2n) is 5.91. The molecule has 2 heterocycles. The fourth-order valence-electron chi connectivity index (χ4n) is 3.17. The summed E-state index contributed by atoms with van der Waals surface area (Å²) in [5, 5.41) is 1.59. The van der Waals surface area contributed by atoms with Gasteiger partial charge in [-0.25, -0.2) is 0 Å². The molecule has 0 aromatic rings. The lowest BCUT2D eigenvalue weighted by Gasteiger charge is -2.75. The molecule has 3 aliphatic rings. The van der Waals surface area contributed by atoms with Gasteiger partial charge in [-0.2, -0.15) is 0 Å². The maximum Gasteiger partial charge on any atom is 0.136 e. The van der Waals surface area contributed by atoms with Crippen molar-refractivity contribution >= 4 is 7.28 Å². The summed E-state index contributed by atoms with van der Waals surface area (Å²) in [7, 11) is 1.53. The normalized spacial score (nSPS) is 47.3. The first kappa shape index (κ1) is 7.70. The van der Waals surface area contributed by atoms with Crippen molar-refractivity contribution in [3.8, 4) is 0 Å². The molecule has 0 aromatic carbocycles. The fraction of sp³-hybridized carbons (Fsp3) is 1.00. The first-order valence-electron chi connectivity index (χ1n) is 4.93. The standard InChI is InChI=1S/C10H19B/c1-5-9-6-10(7-9,11-9)8(2,3)4/h11H,5-7H2,1-4H3. The minimum absolute atomic E-state index is 0.573. The fourth-order valence-corrected chi connectivity index (χ4v) is 3.17. The minimum Gasteiger partial charge on any atom is -0.0655 e. The molecule has 1 heteroatoms. The molecule has 62 valence electrons. The molecule has 0 nitrogen and oxygen atoms in total. The van der Waals surface area contributed by atoms with Crippen LogP contribution in [0.15, 0.2) is 0 Å². The second-order valence-corrected chi connectivity index (χ2v) is 5.91. The summed E-state index contributed by atoms with van der Waals surface area (Å²) in [5.74, 6) is 0. The molecule has 0 amide bonds. The van der Waals surface area contributed by atoms with Crippen LogP contribution in [0.2, 0.25) is 10.6 Å². The average molecular weight is 150 g/mol. The van der Waals surface area contributed by atoms with Crippen molar-refractivity contribution in [1.82, 2.24) is 0 Å². The largest absolute Gasteiger partial charge is 0.136 e. The Morgan fingerprint density at radius 2 is 1.73 bits per heavy atom. The lowest BCUT2D eigenvalue weighted by molar-refractivity contribution is 0.0390. The van der Waals surface area contributed by atoms with Crippen molar-refractivity contribution in [3.05, 3.63) is 0 Å². The summed E-state index contributed by atoms with van der Waals surface area (Å²) in [6.45, 7) is 9.58. The Labute approximate surface area is 71.0 Å². The number of hydrogen-bond acceptors (Lipinski definition) is 0. The lowest BCUT2D eigenvalue weighted by Crippen LogP contribution is -2.64. The molecule has 3 fully saturated rings. The Morgan fingerprint density at radius 1 is 1.27 bits per heavy atom. The van der Waals surface area contributed by atoms with Crippen molar-refractivity contribution in [3.63, 3.8) is 0 Å². The van der Waals surface area contributed by atoms with Gasteiger partial charge in [-0.05, 0) is 10.7 Å². The van der Waals surface area contributed by atoms with E-state index in [1.165, 1.54) is 26.5 Å². The van der Waals surface area contributed by atoms with Crippen molar-refractivity contribution < 1.29 is 0 Å². The van der Waals surface area contributed by atoms with Gasteiger partial charge in [0.1, 0.15) is 7.28 Å². The highest BCUT2D eigenvalue weighted by atomic mass is 14.6. The summed E-state index contributed by atoms with van der Waals surface area (Å²) in [4.78, 5) is 0. The van der Waals surface area contributed by atoms with Crippen LogP contribution in [-0.4, -0.2) is 7.28 Å². The molecule has 0 unspecified atom stereocenters. The lowest BCUT2D eigenvalue weighted by atomic mass is 9.06. The molecule has 2 bridgehead atoms. The van der Waals surface area contributed by atoms with Crippen LogP contribution in [0.4, 0.5) is 0 Å². The minimum atomic E-state index is 0.573. The highest BCUT2D eigenvalue weighted by Gasteiger charge is 2.70. The molecular weight excluding hydrogens is 131 g/mol. The van der Waals surface area contributed by atoms with Gasteiger partial charge in [0, 0.05) is 0 Å². The van der Waals surface area contributed by atoms with Crippen LogP contribution < -0.4 is 0 Å². The second kappa shape index (κ2) is 1.70. The summed E-state index contributed by atoms with van der Waals surface area (Å²) >= 11 is 0. The van der Waals surface area contributed by atoms with Crippen molar-refractivity contribution in [1.29, 1.82) is 0 Å². The van der Waals surface area contributed by atoms with Gasteiger partial charge in [0.2, 0.25) is 0 Å². The third-order valence-electron chi connectivity index (χ3n) is 4.48. The number of rotatable bonds is 1. The van der Waals surface area contributed by atoms with E-state index in [0.717, 1.165) is 10.6 Å². The first-order chi connectivity index (χ1) is 4.93. The maximum atomic E-state index is 2.41. The summed E-state index contributed by atoms with van der Waals surface area (Å²) in [6, 6.07) is 0. The molecule has 1 aliphatic carbocycles. The molecule has 0 atom stereocenters. The van der Waals surface area contributed by atoms with Crippen LogP contribution in [0.1, 0.15) is 47.0 Å². The molecule has 2 saturated heterocycles. The Morgan fingerprint density at radius 3 is 2.00 bits per heavy atom. The van der Waals surface area contributed by atoms with Crippen LogP contribution in [0, 0.1) is 5.41 Å². The Hall–Kier alpha value is 0.0649. The Balaban J connectivity index is 2.04. The zero-order chi connectivity index (χ0) is 8.33. The van der Waals surface area contributed by atoms with Gasteiger partial charge in [-0.1, -0.05) is 52.3 Å². The molecule has 0 aromatic heterocycles. The number of hydrogen-bond donors (Lipinski definition) is 0. The SMILES string of the molecule is CCC12BC(C(C)(C)C)(C1)C2. The first-order valence-corrected chi connectivity index (χ1v) is 4.93. The summed E-state index contributed by atoms with van der Waals surface area (Å²) in [6.07, 6.45) is 4.48. The van der Waals surface area contributed by atoms with Crippen molar-refractivity contribution in [2.24, 2.45) is 5.41 Å². The van der Waals surface area contributed by atoms with Gasteiger partial charge < -0.3 is 0 Å². The molecular formula is C10H19B. The van der Waals surface area contributed by atoms with E-state index < -0.39 is 0 Å². The quantitative estimate of drug-likeness (QED) is 0.504. The molecule has 2 aliphatic heterocycles. The van der Waals surface area contributed by atoms with Gasteiger partial charge in [0.05, 0.1) is 0 Å². The van der Waals surface area contributed by atoms with Crippen LogP contribution in [0.5, 0.6) is 0 Å². The molecule has 0 radical (unpaired) electrons. The molecule has 3 rings (SSSR count). The van der Waals surface area contributed by atoms with E-state index in [4.69, 9.17) is 0 Å². The van der Waals surface area contributed by atoms with Crippen molar-refractivity contribution in [2.45, 2.75) is 57.6 Å². The van der Waals surface area contributed by atoms with Gasteiger partial charge in [0.25, 0.3) is 0 Å². The predicted molar refractivity (Wildman–Crippen MR) is 51.5 cm³/mol. The van der Waals surface area contributed by atoms with Gasteiger partial charge in [0.15, 0.2) is 0 Å². The third-order valence-corrected chi connectivity index (χ3v) is 4.48. The van der Waals surface area contributed by atoms with E-state index in [9.17, 15) is 0 Å². The maximum absolute atomic E-state index is 2.41. The van der Waals surface area contributed by atoms with E-state index in [0.29, 0.717) is 5.41 Å². The van der Waals surface area contributed by atoms with Gasteiger partial charge in [-0.15, -0.1) is 0 Å². The summed E-state index contributed by atoms with van der Waals surface area (Å²) in [5.41, 5.74) is 0.573. The smallest absolute Gasteiger partial charge is 0.0655 e. The third kappa shape index (κ3) is 0.724.